The lowest BCUT2D eigenvalue weighted by Crippen LogP contribution is -2.08. The summed E-state index contributed by atoms with van der Waals surface area (Å²) in [6.45, 7) is 5.87. The number of carboxylic acids is 1. The fourth-order valence-corrected chi connectivity index (χ4v) is 2.56. The molecule has 0 aliphatic carbocycles. The van der Waals surface area contributed by atoms with Crippen LogP contribution in [0.25, 0.3) is 0 Å². The molecule has 0 saturated heterocycles. The first-order valence-corrected chi connectivity index (χ1v) is 7.50. The van der Waals surface area contributed by atoms with Crippen LogP contribution in [-0.2, 0) is 30.7 Å². The number of carboxylic acid groups (broad SMARTS) is 1. The molecule has 2 aromatic heterocycles. The van der Waals surface area contributed by atoms with E-state index in [1.807, 2.05) is 28.4 Å². The number of nitrogens with zero attached hydrogens (tertiary/aromatic N) is 5. The van der Waals surface area contributed by atoms with Gasteiger partial charge in [-0.3, -0.25) is 9.48 Å². The number of aliphatic carboxylic acids is 1. The molecule has 0 unspecified atom stereocenters. The van der Waals surface area contributed by atoms with Gasteiger partial charge in [-0.2, -0.15) is 5.10 Å². The van der Waals surface area contributed by atoms with Crippen molar-refractivity contribution in [2.75, 3.05) is 0 Å². The average Bonchev–Trinajstić information content (AvgIpc) is 3.03. The van der Waals surface area contributed by atoms with Crippen LogP contribution in [0.5, 0.6) is 0 Å². The maximum Gasteiger partial charge on any atom is 0.300 e. The third kappa shape index (κ3) is 5.34. The molecule has 120 valence electrons. The molecule has 0 bridgehead atoms. The van der Waals surface area contributed by atoms with Gasteiger partial charge in [0.2, 0.25) is 0 Å². The lowest BCUT2D eigenvalue weighted by Gasteiger charge is -2.06. The molecule has 3 N–H and O–H groups in total. The summed E-state index contributed by atoms with van der Waals surface area (Å²) in [6.07, 6.45) is 3.60. The molecule has 0 aromatic carbocycles. The summed E-state index contributed by atoms with van der Waals surface area (Å²) in [5.41, 5.74) is 6.77. The second-order valence-electron chi connectivity index (χ2n) is 4.26. The number of hydrogen-bond donors (Lipinski definition) is 2. The molecule has 22 heavy (non-hydrogen) atoms. The van der Waals surface area contributed by atoms with Crippen molar-refractivity contribution in [3.63, 3.8) is 0 Å². The number of hydrogen-bond acceptors (Lipinski definition) is 6. The summed E-state index contributed by atoms with van der Waals surface area (Å²) < 4.78 is 3.83. The summed E-state index contributed by atoms with van der Waals surface area (Å²) in [6, 6.07) is 1.99. The highest BCUT2D eigenvalue weighted by atomic mass is 32.2. The van der Waals surface area contributed by atoms with Crippen molar-refractivity contribution in [3.05, 3.63) is 36.4 Å². The van der Waals surface area contributed by atoms with Gasteiger partial charge in [0.15, 0.2) is 5.16 Å². The highest BCUT2D eigenvalue weighted by Crippen LogP contribution is 2.21. The second kappa shape index (κ2) is 9.00. The van der Waals surface area contributed by atoms with Crippen molar-refractivity contribution in [2.24, 2.45) is 12.8 Å². The number of aryl methyl sites for hydroxylation is 1. The molecule has 0 fully saturated rings. The Balaban J connectivity index is 0.000000541. The van der Waals surface area contributed by atoms with Gasteiger partial charge in [0, 0.05) is 38.2 Å². The zero-order chi connectivity index (χ0) is 16.5. The molecule has 0 amide bonds. The summed E-state index contributed by atoms with van der Waals surface area (Å²) >= 11 is 1.62. The van der Waals surface area contributed by atoms with E-state index in [0.29, 0.717) is 13.1 Å². The minimum Gasteiger partial charge on any atom is -0.481 e. The largest absolute Gasteiger partial charge is 0.481 e. The van der Waals surface area contributed by atoms with Crippen LogP contribution in [-0.4, -0.2) is 35.6 Å². The molecular weight excluding hydrogens is 304 g/mol. The van der Waals surface area contributed by atoms with Gasteiger partial charge in [0.05, 0.1) is 6.54 Å². The van der Waals surface area contributed by atoms with Crippen LogP contribution < -0.4 is 5.73 Å². The van der Waals surface area contributed by atoms with Crippen LogP contribution >= 0.6 is 11.8 Å². The molecule has 8 nitrogen and oxygen atoms in total. The molecule has 0 atom stereocenters. The topological polar surface area (TPSA) is 112 Å². The Bertz CT molecular complexity index is 618. The van der Waals surface area contributed by atoms with E-state index in [9.17, 15) is 0 Å². The molecule has 9 heteroatoms. The number of rotatable bonds is 6. The first-order valence-electron chi connectivity index (χ1n) is 6.51. The lowest BCUT2D eigenvalue weighted by molar-refractivity contribution is -0.134. The first kappa shape index (κ1) is 17.9. The van der Waals surface area contributed by atoms with Gasteiger partial charge in [-0.05, 0) is 6.07 Å². The molecule has 0 radical (unpaired) electrons. The molecule has 0 spiro atoms. The van der Waals surface area contributed by atoms with Crippen molar-refractivity contribution in [3.8, 4) is 0 Å². The van der Waals surface area contributed by atoms with Crippen LogP contribution in [0.4, 0.5) is 0 Å². The number of aromatic nitrogens is 5. The van der Waals surface area contributed by atoms with E-state index in [0.717, 1.165) is 29.4 Å². The molecule has 2 aromatic rings. The van der Waals surface area contributed by atoms with Crippen molar-refractivity contribution in [2.45, 2.75) is 30.9 Å². The van der Waals surface area contributed by atoms with E-state index in [1.165, 1.54) is 0 Å². The van der Waals surface area contributed by atoms with Crippen LogP contribution in [0.2, 0.25) is 0 Å². The van der Waals surface area contributed by atoms with Crippen LogP contribution in [0, 0.1) is 0 Å². The van der Waals surface area contributed by atoms with Crippen molar-refractivity contribution in [1.29, 1.82) is 0 Å². The highest BCUT2D eigenvalue weighted by molar-refractivity contribution is 7.98. The Morgan fingerprint density at radius 2 is 2.23 bits per heavy atom. The Morgan fingerprint density at radius 3 is 2.73 bits per heavy atom. The molecular formula is C13H20N6O2S. The Labute approximate surface area is 133 Å². The van der Waals surface area contributed by atoms with E-state index in [2.05, 4.69) is 21.9 Å². The Hall–Kier alpha value is -2.13. The second-order valence-corrected chi connectivity index (χ2v) is 5.20. The molecule has 2 heterocycles. The van der Waals surface area contributed by atoms with E-state index >= 15 is 0 Å². The number of carbonyl (C=O) groups is 1. The van der Waals surface area contributed by atoms with Gasteiger partial charge in [-0.15, -0.1) is 16.8 Å². The predicted octanol–water partition coefficient (Wildman–Crippen LogP) is 1.04. The average molecular weight is 324 g/mol. The van der Waals surface area contributed by atoms with Gasteiger partial charge in [-0.25, -0.2) is 0 Å². The quantitative estimate of drug-likeness (QED) is 0.603. The number of allylic oxidation sites excluding steroid dienone is 1. The third-order valence-electron chi connectivity index (χ3n) is 2.56. The van der Waals surface area contributed by atoms with Crippen molar-refractivity contribution in [1.82, 2.24) is 24.5 Å². The molecule has 0 aliphatic rings. The summed E-state index contributed by atoms with van der Waals surface area (Å²) in [5.74, 6) is 0.749. The predicted molar refractivity (Wildman–Crippen MR) is 84.2 cm³/mol. The number of thioether (sulfide) groups is 1. The fourth-order valence-electron chi connectivity index (χ4n) is 1.57. The standard InChI is InChI=1S/C11H16N6S.C2H4O2/c1-3-6-17-10(7-12)14-15-11(17)18-8-9-4-5-13-16(9)2;1-2(3)4/h3-5H,1,6-8,12H2,2H3;1H3,(H,3,4). The maximum absolute atomic E-state index is 9.00. The highest BCUT2D eigenvalue weighted by Gasteiger charge is 2.11. The van der Waals surface area contributed by atoms with Gasteiger partial charge in [-0.1, -0.05) is 17.8 Å². The minimum absolute atomic E-state index is 0.382. The monoisotopic (exact) mass is 324 g/mol. The van der Waals surface area contributed by atoms with Crippen LogP contribution in [0.15, 0.2) is 30.1 Å². The number of nitrogens with two attached hydrogens (primary N) is 1. The van der Waals surface area contributed by atoms with Crippen LogP contribution in [0.3, 0.4) is 0 Å². The normalized spacial score (nSPS) is 9.95. The first-order chi connectivity index (χ1) is 10.5. The Kier molecular flexibility index (Phi) is 7.33. The maximum atomic E-state index is 9.00. The summed E-state index contributed by atoms with van der Waals surface area (Å²) in [5, 5.41) is 20.6. The van der Waals surface area contributed by atoms with E-state index in [-0.39, 0.29) is 0 Å². The van der Waals surface area contributed by atoms with E-state index in [1.54, 1.807) is 18.0 Å². The van der Waals surface area contributed by atoms with Gasteiger partial charge < -0.3 is 15.4 Å². The zero-order valence-electron chi connectivity index (χ0n) is 12.6. The van der Waals surface area contributed by atoms with Gasteiger partial charge >= 0.3 is 0 Å². The van der Waals surface area contributed by atoms with E-state index < -0.39 is 5.97 Å². The zero-order valence-corrected chi connectivity index (χ0v) is 13.5. The lowest BCUT2D eigenvalue weighted by atomic mass is 10.5. The Morgan fingerprint density at radius 1 is 1.55 bits per heavy atom. The van der Waals surface area contributed by atoms with E-state index in [4.69, 9.17) is 15.6 Å². The van der Waals surface area contributed by atoms with Gasteiger partial charge in [0.25, 0.3) is 5.97 Å². The fraction of sp³-hybridized carbons (Fsp3) is 0.385. The van der Waals surface area contributed by atoms with Crippen LogP contribution in [0.1, 0.15) is 18.4 Å². The smallest absolute Gasteiger partial charge is 0.300 e. The summed E-state index contributed by atoms with van der Waals surface area (Å²) in [4.78, 5) is 9.00. The van der Waals surface area contributed by atoms with Gasteiger partial charge in [0.1, 0.15) is 5.82 Å². The molecule has 2 rings (SSSR count). The SMILES string of the molecule is C=CCn1c(CN)nnc1SCc1ccnn1C.CC(=O)O. The minimum atomic E-state index is -0.833. The molecule has 0 aliphatic heterocycles. The van der Waals surface area contributed by atoms with Crippen molar-refractivity contribution >= 4 is 17.7 Å². The third-order valence-corrected chi connectivity index (χ3v) is 3.56. The molecule has 0 saturated carbocycles. The summed E-state index contributed by atoms with van der Waals surface area (Å²) in [7, 11) is 1.93. The van der Waals surface area contributed by atoms with Crippen molar-refractivity contribution < 1.29 is 9.90 Å².